The third-order valence-corrected chi connectivity index (χ3v) is 2.07. The molecule has 2 aromatic rings. The van der Waals surface area contributed by atoms with Gasteiger partial charge in [0.05, 0.1) is 0 Å². The molecule has 2 aromatic carbocycles. The van der Waals surface area contributed by atoms with E-state index in [4.69, 9.17) is 18.4 Å². The molecule has 0 aromatic heterocycles. The monoisotopic (exact) mass is 278 g/mol. The van der Waals surface area contributed by atoms with Crippen molar-refractivity contribution >= 4 is 18.3 Å². The number of rotatable bonds is 0. The molecule has 0 aliphatic heterocycles. The van der Waals surface area contributed by atoms with E-state index in [0.717, 1.165) is 4.90 Å². The van der Waals surface area contributed by atoms with Crippen LogP contribution in [0.4, 0.5) is 5.69 Å². The van der Waals surface area contributed by atoms with Crippen LogP contribution < -0.4 is 0 Å². The van der Waals surface area contributed by atoms with E-state index in [1.807, 2.05) is 42.5 Å². The van der Waals surface area contributed by atoms with E-state index in [2.05, 4.69) is 6.92 Å². The Morgan fingerprint density at radius 1 is 0.875 bits per heavy atom. The molecule has 0 aliphatic rings. The van der Waals surface area contributed by atoms with E-state index < -0.39 is 0 Å². The predicted octanol–water partition coefficient (Wildman–Crippen LogP) is 4.27. The van der Waals surface area contributed by atoms with Gasteiger partial charge in [0, 0.05) is 0 Å². The van der Waals surface area contributed by atoms with Gasteiger partial charge in [0.25, 0.3) is 0 Å². The van der Waals surface area contributed by atoms with Crippen LogP contribution in [0.5, 0.6) is 0 Å². The van der Waals surface area contributed by atoms with Gasteiger partial charge in [-0.2, -0.15) is 4.90 Å². The Balaban J connectivity index is 0.000000267. The summed E-state index contributed by atoms with van der Waals surface area (Å²) in [4.78, 5) is 0.913. The fourth-order valence-corrected chi connectivity index (χ4v) is 1.11. The fourth-order valence-electron chi connectivity index (χ4n) is 0.976. The summed E-state index contributed by atoms with van der Waals surface area (Å²) < 4.78 is 0. The molecule has 1 N–H and O–H groups in total. The molecule has 0 atom stereocenters. The zero-order valence-electron chi connectivity index (χ0n) is 8.91. The minimum atomic E-state index is 0. The smallest absolute Gasteiger partial charge is 0.780 e. The molecule has 16 heavy (non-hydrogen) atoms. The van der Waals surface area contributed by atoms with Gasteiger partial charge in [0.1, 0.15) is 0 Å². The van der Waals surface area contributed by atoms with Crippen LogP contribution in [-0.2, 0) is 29.7 Å². The summed E-state index contributed by atoms with van der Waals surface area (Å²) in [5.41, 5.74) is 8.83. The molecule has 0 bridgehead atoms. The molecule has 0 unspecified atom stereocenters. The average Bonchev–Trinajstić information content (AvgIpc) is 2.25. The van der Waals surface area contributed by atoms with E-state index in [1.54, 1.807) is 12.1 Å². The zero-order valence-corrected chi connectivity index (χ0v) is 10.7. The number of hydrogen-bond acceptors (Lipinski definition) is 1. The van der Waals surface area contributed by atoms with E-state index in [1.165, 1.54) is 5.56 Å². The van der Waals surface area contributed by atoms with Crippen LogP contribution >= 0.6 is 0 Å². The van der Waals surface area contributed by atoms with Gasteiger partial charge in [-0.05, 0) is 6.92 Å². The van der Waals surface area contributed by atoms with Gasteiger partial charge in [0.15, 0.2) is 0 Å². The molecule has 0 aliphatic carbocycles. The Morgan fingerprint density at radius 2 is 1.38 bits per heavy atom. The second-order valence-electron chi connectivity index (χ2n) is 3.18. The molecular formula is C13H13CuNS. The minimum Gasteiger partial charge on any atom is -0.780 e. The maximum atomic E-state index is 7.00. The van der Waals surface area contributed by atoms with Gasteiger partial charge >= 0.3 is 17.1 Å². The summed E-state index contributed by atoms with van der Waals surface area (Å²) in [6.45, 7) is 2.05. The standard InChI is InChI=1S/C7H8S.C6H6N.Cu/c1-6-2-4-7(8)5-3-6;7-6-4-2-1-3-5-6;/h2-5,8H,1H3;1-5,7H;/q;-1;+2/p-1. The average molecular weight is 279 g/mol. The molecule has 0 heterocycles. The zero-order chi connectivity index (χ0) is 11.1. The quantitative estimate of drug-likeness (QED) is 0.522. The van der Waals surface area contributed by atoms with Crippen molar-refractivity contribution in [1.29, 1.82) is 0 Å². The molecule has 0 saturated carbocycles. The van der Waals surface area contributed by atoms with Crippen molar-refractivity contribution in [2.45, 2.75) is 11.8 Å². The van der Waals surface area contributed by atoms with Crippen molar-refractivity contribution < 1.29 is 17.1 Å². The number of benzene rings is 2. The Kier molecular flexibility index (Phi) is 7.65. The number of hydrogen-bond donors (Lipinski definition) is 0. The summed E-state index contributed by atoms with van der Waals surface area (Å²) in [6.07, 6.45) is 0. The Bertz CT molecular complexity index is 365. The van der Waals surface area contributed by atoms with Gasteiger partial charge in [-0.3, -0.25) is 0 Å². The molecule has 0 fully saturated rings. The fraction of sp³-hybridized carbons (Fsp3) is 0.0769. The van der Waals surface area contributed by atoms with Crippen molar-refractivity contribution in [2.75, 3.05) is 0 Å². The SMILES string of the molecule is Cc1ccc([S-])cc1.[Cu+2].[NH-]c1ccccc1. The summed E-state index contributed by atoms with van der Waals surface area (Å²) in [5.74, 6) is 0. The van der Waals surface area contributed by atoms with E-state index in [0.29, 0.717) is 5.69 Å². The van der Waals surface area contributed by atoms with Crippen molar-refractivity contribution in [2.24, 2.45) is 0 Å². The molecular weight excluding hydrogens is 266 g/mol. The van der Waals surface area contributed by atoms with Crippen LogP contribution in [0, 0.1) is 6.92 Å². The first kappa shape index (κ1) is 15.0. The Morgan fingerprint density at radius 3 is 1.69 bits per heavy atom. The van der Waals surface area contributed by atoms with Crippen molar-refractivity contribution in [3.8, 4) is 0 Å². The second kappa shape index (κ2) is 8.17. The molecule has 1 nitrogen and oxygen atoms in total. The molecule has 2 rings (SSSR count). The van der Waals surface area contributed by atoms with E-state index >= 15 is 0 Å². The van der Waals surface area contributed by atoms with Crippen LogP contribution in [0.1, 0.15) is 5.56 Å². The third-order valence-electron chi connectivity index (χ3n) is 1.79. The Hall–Kier alpha value is -1.02. The van der Waals surface area contributed by atoms with Crippen LogP contribution in [0.15, 0.2) is 59.5 Å². The third kappa shape index (κ3) is 6.46. The largest absolute Gasteiger partial charge is 2.00 e. The van der Waals surface area contributed by atoms with Crippen LogP contribution in [0.2, 0.25) is 0 Å². The predicted molar refractivity (Wildman–Crippen MR) is 67.2 cm³/mol. The van der Waals surface area contributed by atoms with Crippen molar-refractivity contribution in [3.05, 3.63) is 65.9 Å². The maximum absolute atomic E-state index is 7.00. The minimum absolute atomic E-state index is 0. The van der Waals surface area contributed by atoms with Crippen molar-refractivity contribution in [3.63, 3.8) is 0 Å². The van der Waals surface area contributed by atoms with Crippen molar-refractivity contribution in [1.82, 2.24) is 0 Å². The first-order chi connectivity index (χ1) is 7.18. The van der Waals surface area contributed by atoms with Gasteiger partial charge in [-0.25, -0.2) is 0 Å². The summed E-state index contributed by atoms with van der Waals surface area (Å²) in [7, 11) is 0. The molecule has 3 heteroatoms. The summed E-state index contributed by atoms with van der Waals surface area (Å²) >= 11 is 4.87. The maximum Gasteiger partial charge on any atom is 2.00 e. The first-order valence-corrected chi connectivity index (χ1v) is 5.09. The molecule has 0 spiro atoms. The second-order valence-corrected chi connectivity index (χ2v) is 3.65. The van der Waals surface area contributed by atoms with Gasteiger partial charge in [-0.15, -0.1) is 5.69 Å². The van der Waals surface area contributed by atoms with Crippen LogP contribution in [-0.4, -0.2) is 0 Å². The van der Waals surface area contributed by atoms with Gasteiger partial charge < -0.3 is 18.4 Å². The first-order valence-electron chi connectivity index (χ1n) is 4.69. The van der Waals surface area contributed by atoms with E-state index in [9.17, 15) is 0 Å². The van der Waals surface area contributed by atoms with Crippen LogP contribution in [0.3, 0.4) is 0 Å². The van der Waals surface area contributed by atoms with E-state index in [-0.39, 0.29) is 17.1 Å². The van der Waals surface area contributed by atoms with Gasteiger partial charge in [-0.1, -0.05) is 60.2 Å². The normalized spacial score (nSPS) is 8.31. The number of aryl methyl sites for hydroxylation is 1. The van der Waals surface area contributed by atoms with Crippen LogP contribution in [0.25, 0.3) is 5.73 Å². The van der Waals surface area contributed by atoms with Gasteiger partial charge in [0.2, 0.25) is 0 Å². The molecule has 0 amide bonds. The summed E-state index contributed by atoms with van der Waals surface area (Å²) in [6, 6.07) is 17.0. The molecule has 87 valence electrons. The Labute approximate surface area is 113 Å². The molecule has 1 radical (unpaired) electrons. The molecule has 0 saturated heterocycles. The topological polar surface area (TPSA) is 23.8 Å². The number of nitrogens with one attached hydrogen (secondary N) is 1. The summed E-state index contributed by atoms with van der Waals surface area (Å²) in [5, 5.41) is 0.